The molecule has 0 aromatic rings. The van der Waals surface area contributed by atoms with E-state index in [-0.39, 0.29) is 25.9 Å². The summed E-state index contributed by atoms with van der Waals surface area (Å²) in [5.41, 5.74) is 0. The summed E-state index contributed by atoms with van der Waals surface area (Å²) in [4.78, 5) is 51.3. The Labute approximate surface area is 492 Å². The van der Waals surface area contributed by atoms with E-state index in [1.165, 1.54) is 122 Å². The molecule has 0 saturated carbocycles. The van der Waals surface area contributed by atoms with Gasteiger partial charge >= 0.3 is 23.9 Å². The maximum Gasteiger partial charge on any atom is 0.335 e. The second-order valence-corrected chi connectivity index (χ2v) is 22.0. The number of hydrogen-bond acceptors (Lipinski definition) is 11. The first kappa shape index (κ1) is 74.9. The maximum atomic E-state index is 13.2. The maximum absolute atomic E-state index is 13.2. The topological polar surface area (TPSA) is 175 Å². The average molecular weight is 1140 g/mol. The Hall–Kier alpha value is -4.10. The highest BCUT2D eigenvalue weighted by Crippen LogP contribution is 2.26. The van der Waals surface area contributed by atoms with Gasteiger partial charge in [0.2, 0.25) is 0 Å². The van der Waals surface area contributed by atoms with Crippen molar-refractivity contribution in [3.8, 4) is 0 Å². The summed E-state index contributed by atoms with van der Waals surface area (Å²) in [6.45, 7) is 5.84. The summed E-state index contributed by atoms with van der Waals surface area (Å²) >= 11 is 0. The minimum atomic E-state index is -1.93. The van der Waals surface area contributed by atoms with Crippen LogP contribution in [0.1, 0.15) is 278 Å². The van der Waals surface area contributed by atoms with E-state index < -0.39 is 67.3 Å². The molecule has 464 valence electrons. The molecule has 0 bridgehead atoms. The normalized spacial score (nSPS) is 18.3. The lowest BCUT2D eigenvalue weighted by atomic mass is 9.98. The number of unbranched alkanes of at least 4 members (excludes halogenated alkanes) is 27. The zero-order valence-electron chi connectivity index (χ0n) is 51.3. The lowest BCUT2D eigenvalue weighted by Gasteiger charge is -2.40. The largest absolute Gasteiger partial charge is 0.479 e. The van der Waals surface area contributed by atoms with Crippen molar-refractivity contribution in [2.75, 3.05) is 13.2 Å². The van der Waals surface area contributed by atoms with E-state index in [0.29, 0.717) is 25.7 Å². The molecule has 1 rings (SSSR count). The van der Waals surface area contributed by atoms with E-state index in [1.807, 2.05) is 18.2 Å². The van der Waals surface area contributed by atoms with Crippen LogP contribution >= 0.6 is 0 Å². The summed E-state index contributed by atoms with van der Waals surface area (Å²) in [6.07, 6.45) is 61.4. The van der Waals surface area contributed by atoms with Gasteiger partial charge in [0, 0.05) is 19.3 Å². The van der Waals surface area contributed by atoms with Crippen molar-refractivity contribution in [1.29, 1.82) is 0 Å². The molecule has 0 radical (unpaired) electrons. The number of esters is 3. The highest BCUT2D eigenvalue weighted by Gasteiger charge is 2.50. The number of allylic oxidation sites excluding steroid dienone is 14. The molecule has 6 unspecified atom stereocenters. The molecule has 1 aliphatic heterocycles. The standard InChI is InChI=1S/C69H116O12/c1-4-7-10-13-16-19-22-25-27-29-31-33-35-38-40-43-46-49-52-55-61(70)77-58-60(79-62(71)56-53-50-47-44-42-39-36-34-32-30-28-26-23-20-17-14-11-8-5-2)59-78-69-67(65(74)64(73)66(81-69)68(75)76)80-63(72)57-54-51-48-45-41-37-24-21-18-15-12-9-6-3/h9,12,16,18-19,21,25,27,31,33,37,41,48,51,60,64-67,69,73-74H,4-8,10-11,13-15,17,20,22-24,26,28-30,32,34-36,38-40,42-47,49-50,52-59H2,1-3H3,(H,75,76)/b12-9-,19-16-,21-18-,27-25-,33-31-,41-37-,51-48-. The number of carbonyl (C=O) groups excluding carboxylic acids is 3. The Balaban J connectivity index is 2.68. The molecular formula is C69H116O12. The lowest BCUT2D eigenvalue weighted by Crippen LogP contribution is -2.61. The van der Waals surface area contributed by atoms with Crippen LogP contribution in [0.25, 0.3) is 0 Å². The average Bonchev–Trinajstić information content (AvgIpc) is 3.54. The van der Waals surface area contributed by atoms with Crippen LogP contribution in [0, 0.1) is 0 Å². The van der Waals surface area contributed by atoms with Crippen LogP contribution in [0.15, 0.2) is 85.1 Å². The molecule has 81 heavy (non-hydrogen) atoms. The van der Waals surface area contributed by atoms with Crippen LogP contribution in [0.4, 0.5) is 0 Å². The van der Waals surface area contributed by atoms with E-state index in [2.05, 4.69) is 87.6 Å². The smallest absolute Gasteiger partial charge is 0.335 e. The van der Waals surface area contributed by atoms with Crippen molar-refractivity contribution < 1.29 is 58.2 Å². The van der Waals surface area contributed by atoms with Gasteiger partial charge in [0.25, 0.3) is 0 Å². The molecule has 0 amide bonds. The molecule has 1 saturated heterocycles. The zero-order chi connectivity index (χ0) is 58.9. The number of carboxylic acids is 1. The number of carboxylic acid groups (broad SMARTS) is 1. The van der Waals surface area contributed by atoms with Gasteiger partial charge in [-0.05, 0) is 83.5 Å². The molecule has 12 heteroatoms. The number of ether oxygens (including phenoxy) is 5. The van der Waals surface area contributed by atoms with Crippen LogP contribution < -0.4 is 0 Å². The third-order valence-electron chi connectivity index (χ3n) is 14.5. The third kappa shape index (κ3) is 46.0. The highest BCUT2D eigenvalue weighted by atomic mass is 16.7. The van der Waals surface area contributed by atoms with E-state index in [0.717, 1.165) is 89.9 Å². The number of aliphatic hydroxyl groups excluding tert-OH is 2. The molecule has 1 fully saturated rings. The molecule has 0 aliphatic carbocycles. The monoisotopic (exact) mass is 1140 g/mol. The molecule has 6 atom stereocenters. The molecule has 0 spiro atoms. The number of aliphatic carboxylic acids is 1. The van der Waals surface area contributed by atoms with Crippen molar-refractivity contribution in [2.45, 2.75) is 314 Å². The Morgan fingerprint density at radius 3 is 1.26 bits per heavy atom. The van der Waals surface area contributed by atoms with Gasteiger partial charge in [-0.15, -0.1) is 0 Å². The van der Waals surface area contributed by atoms with E-state index in [1.54, 1.807) is 0 Å². The summed E-state index contributed by atoms with van der Waals surface area (Å²) in [5.74, 6) is -3.23. The first-order valence-electron chi connectivity index (χ1n) is 32.6. The van der Waals surface area contributed by atoms with E-state index in [4.69, 9.17) is 23.7 Å². The molecule has 1 aliphatic rings. The van der Waals surface area contributed by atoms with Crippen LogP contribution in [0.3, 0.4) is 0 Å². The van der Waals surface area contributed by atoms with Crippen molar-refractivity contribution in [3.63, 3.8) is 0 Å². The van der Waals surface area contributed by atoms with Crippen molar-refractivity contribution in [2.24, 2.45) is 0 Å². The van der Waals surface area contributed by atoms with Crippen LogP contribution in [-0.2, 0) is 42.9 Å². The van der Waals surface area contributed by atoms with Gasteiger partial charge in [-0.25, -0.2) is 4.79 Å². The first-order chi connectivity index (χ1) is 39.6. The summed E-state index contributed by atoms with van der Waals surface area (Å²) in [6, 6.07) is 0. The molecule has 1 heterocycles. The molecule has 12 nitrogen and oxygen atoms in total. The fourth-order valence-corrected chi connectivity index (χ4v) is 9.51. The quantitative estimate of drug-likeness (QED) is 0.0228. The summed E-state index contributed by atoms with van der Waals surface area (Å²) in [5, 5.41) is 31.5. The van der Waals surface area contributed by atoms with Crippen molar-refractivity contribution in [3.05, 3.63) is 85.1 Å². The predicted molar refractivity (Wildman–Crippen MR) is 331 cm³/mol. The Bertz CT molecular complexity index is 1730. The molecule has 0 aromatic heterocycles. The number of carbonyl (C=O) groups is 4. The molecular weight excluding hydrogens is 1020 g/mol. The number of hydrogen-bond donors (Lipinski definition) is 3. The van der Waals surface area contributed by atoms with E-state index in [9.17, 15) is 34.5 Å². The second-order valence-electron chi connectivity index (χ2n) is 22.0. The highest BCUT2D eigenvalue weighted by molar-refractivity contribution is 5.74. The van der Waals surface area contributed by atoms with Gasteiger partial charge in [-0.3, -0.25) is 14.4 Å². The van der Waals surface area contributed by atoms with Crippen LogP contribution in [0.5, 0.6) is 0 Å². The second kappa shape index (κ2) is 56.4. The van der Waals surface area contributed by atoms with Gasteiger partial charge in [0.05, 0.1) is 6.61 Å². The SMILES string of the molecule is CC/C=C\C/C=C\C/C=C\C/C=C\CCC(=O)OC1C(OCC(COC(=O)CCCCCCCC/C=C\C/C=C\C/C=C\CCCCC)OC(=O)CCCCCCCCCCCCCCCCCCCCC)OC(C(=O)O)C(O)C1O. The first-order valence-corrected chi connectivity index (χ1v) is 32.6. The Morgan fingerprint density at radius 2 is 0.802 bits per heavy atom. The third-order valence-corrected chi connectivity index (χ3v) is 14.5. The zero-order valence-corrected chi connectivity index (χ0v) is 51.3. The predicted octanol–water partition coefficient (Wildman–Crippen LogP) is 17.5. The lowest BCUT2D eigenvalue weighted by molar-refractivity contribution is -0.301. The van der Waals surface area contributed by atoms with Crippen molar-refractivity contribution >= 4 is 23.9 Å². The molecule has 0 aromatic carbocycles. The van der Waals surface area contributed by atoms with Crippen LogP contribution in [0.2, 0.25) is 0 Å². The van der Waals surface area contributed by atoms with Gasteiger partial charge in [-0.1, -0.05) is 260 Å². The fraction of sp³-hybridized carbons (Fsp3) is 0.739. The van der Waals surface area contributed by atoms with E-state index >= 15 is 0 Å². The van der Waals surface area contributed by atoms with Gasteiger partial charge in [-0.2, -0.15) is 0 Å². The van der Waals surface area contributed by atoms with Crippen molar-refractivity contribution in [1.82, 2.24) is 0 Å². The molecule has 3 N–H and O–H groups in total. The number of aliphatic hydroxyl groups is 2. The minimum absolute atomic E-state index is 0.0634. The summed E-state index contributed by atoms with van der Waals surface area (Å²) < 4.78 is 28.4. The minimum Gasteiger partial charge on any atom is -0.479 e. The van der Waals surface area contributed by atoms with Gasteiger partial charge in [0.1, 0.15) is 18.8 Å². The summed E-state index contributed by atoms with van der Waals surface area (Å²) in [7, 11) is 0. The van der Waals surface area contributed by atoms with Gasteiger partial charge < -0.3 is 39.0 Å². The Morgan fingerprint density at radius 1 is 0.420 bits per heavy atom. The number of rotatable bonds is 55. The van der Waals surface area contributed by atoms with Crippen LogP contribution in [-0.4, -0.2) is 89.2 Å². The Kier molecular flexibility index (Phi) is 52.1. The van der Waals surface area contributed by atoms with Gasteiger partial charge in [0.15, 0.2) is 24.6 Å². The fourth-order valence-electron chi connectivity index (χ4n) is 9.51.